The lowest BCUT2D eigenvalue weighted by Gasteiger charge is -2.22. The summed E-state index contributed by atoms with van der Waals surface area (Å²) >= 11 is 2.08. The van der Waals surface area contributed by atoms with Crippen LogP contribution in [-0.2, 0) is 4.74 Å². The third-order valence-electron chi connectivity index (χ3n) is 2.32. The number of hydrogen-bond donors (Lipinski definition) is 1. The van der Waals surface area contributed by atoms with Gasteiger partial charge in [-0.25, -0.2) is 0 Å². The summed E-state index contributed by atoms with van der Waals surface area (Å²) in [6, 6.07) is 0.780. The molecule has 0 radical (unpaired) electrons. The quantitative estimate of drug-likeness (QED) is 0.666. The van der Waals surface area contributed by atoms with Crippen LogP contribution in [0.2, 0.25) is 0 Å². The summed E-state index contributed by atoms with van der Waals surface area (Å²) in [5, 5.41) is 3.59. The largest absolute Gasteiger partial charge is 0.382 e. The van der Waals surface area contributed by atoms with Gasteiger partial charge in [0.2, 0.25) is 0 Å². The van der Waals surface area contributed by atoms with E-state index in [0.717, 1.165) is 32.2 Å². The lowest BCUT2D eigenvalue weighted by molar-refractivity contribution is 0.144. The standard InChI is InChI=1S/C10H21NOS/c1-2-12-7-3-6-11-10-4-8-13-9-5-10/h10-11H,2-9H2,1H3. The first-order chi connectivity index (χ1) is 6.43. The van der Waals surface area contributed by atoms with Crippen LogP contribution in [-0.4, -0.2) is 37.3 Å². The van der Waals surface area contributed by atoms with Gasteiger partial charge in [-0.05, 0) is 44.2 Å². The molecule has 0 bridgehead atoms. The molecule has 78 valence electrons. The molecule has 2 nitrogen and oxygen atoms in total. The highest BCUT2D eigenvalue weighted by Crippen LogP contribution is 2.16. The molecule has 1 aliphatic rings. The summed E-state index contributed by atoms with van der Waals surface area (Å²) < 4.78 is 5.28. The van der Waals surface area contributed by atoms with Crippen LogP contribution < -0.4 is 5.32 Å². The Balaban J connectivity index is 1.86. The number of thioether (sulfide) groups is 1. The van der Waals surface area contributed by atoms with E-state index in [0.29, 0.717) is 0 Å². The molecule has 0 unspecified atom stereocenters. The number of nitrogens with one attached hydrogen (secondary N) is 1. The van der Waals surface area contributed by atoms with E-state index < -0.39 is 0 Å². The van der Waals surface area contributed by atoms with Crippen molar-refractivity contribution in [2.45, 2.75) is 32.2 Å². The molecule has 0 atom stereocenters. The van der Waals surface area contributed by atoms with Gasteiger partial charge in [-0.15, -0.1) is 0 Å². The van der Waals surface area contributed by atoms with Gasteiger partial charge in [0, 0.05) is 19.3 Å². The molecule has 0 aromatic heterocycles. The molecule has 1 rings (SSSR count). The summed E-state index contributed by atoms with van der Waals surface area (Å²) in [6.07, 6.45) is 3.84. The third kappa shape index (κ3) is 5.55. The van der Waals surface area contributed by atoms with E-state index in [1.807, 2.05) is 6.92 Å². The molecule has 13 heavy (non-hydrogen) atoms. The average Bonchev–Trinajstić information content (AvgIpc) is 2.19. The van der Waals surface area contributed by atoms with Crippen molar-refractivity contribution in [3.8, 4) is 0 Å². The van der Waals surface area contributed by atoms with Crippen molar-refractivity contribution in [1.29, 1.82) is 0 Å². The van der Waals surface area contributed by atoms with Crippen molar-refractivity contribution in [3.63, 3.8) is 0 Å². The van der Waals surface area contributed by atoms with Gasteiger partial charge in [0.1, 0.15) is 0 Å². The molecule has 1 N–H and O–H groups in total. The van der Waals surface area contributed by atoms with Crippen LogP contribution in [0.15, 0.2) is 0 Å². The predicted molar refractivity (Wildman–Crippen MR) is 59.5 cm³/mol. The normalized spacial score (nSPS) is 19.2. The van der Waals surface area contributed by atoms with E-state index >= 15 is 0 Å². The monoisotopic (exact) mass is 203 g/mol. The second-order valence-corrected chi connectivity index (χ2v) is 4.62. The highest BCUT2D eigenvalue weighted by molar-refractivity contribution is 7.99. The Morgan fingerprint density at radius 2 is 2.15 bits per heavy atom. The van der Waals surface area contributed by atoms with Gasteiger partial charge in [0.25, 0.3) is 0 Å². The molecule has 1 heterocycles. The molecule has 1 saturated heterocycles. The fourth-order valence-corrected chi connectivity index (χ4v) is 2.63. The van der Waals surface area contributed by atoms with Gasteiger partial charge in [0.05, 0.1) is 0 Å². The first-order valence-corrected chi connectivity index (χ1v) is 6.48. The summed E-state index contributed by atoms with van der Waals surface area (Å²) in [5.74, 6) is 2.67. The van der Waals surface area contributed by atoms with E-state index in [1.165, 1.54) is 24.3 Å². The van der Waals surface area contributed by atoms with Crippen molar-refractivity contribution in [1.82, 2.24) is 5.32 Å². The maximum atomic E-state index is 5.28. The van der Waals surface area contributed by atoms with Gasteiger partial charge in [-0.3, -0.25) is 0 Å². The molecule has 0 aromatic rings. The zero-order valence-corrected chi connectivity index (χ0v) is 9.37. The molecule has 1 aliphatic heterocycles. The predicted octanol–water partition coefficient (Wildman–Crippen LogP) is 1.90. The maximum Gasteiger partial charge on any atom is 0.0477 e. The van der Waals surface area contributed by atoms with Crippen LogP contribution in [0.5, 0.6) is 0 Å². The maximum absolute atomic E-state index is 5.28. The molecular weight excluding hydrogens is 182 g/mol. The lowest BCUT2D eigenvalue weighted by atomic mass is 10.1. The Kier molecular flexibility index (Phi) is 6.68. The van der Waals surface area contributed by atoms with E-state index in [-0.39, 0.29) is 0 Å². The minimum atomic E-state index is 0.780. The minimum absolute atomic E-state index is 0.780. The molecule has 3 heteroatoms. The van der Waals surface area contributed by atoms with Crippen LogP contribution in [0, 0.1) is 0 Å². The molecule has 0 aromatic carbocycles. The SMILES string of the molecule is CCOCCCNC1CCSCC1. The Hall–Kier alpha value is 0.270. The van der Waals surface area contributed by atoms with Crippen molar-refractivity contribution in [2.24, 2.45) is 0 Å². The number of rotatable bonds is 6. The van der Waals surface area contributed by atoms with Gasteiger partial charge in [-0.2, -0.15) is 11.8 Å². The van der Waals surface area contributed by atoms with Crippen LogP contribution in [0.25, 0.3) is 0 Å². The molecule has 0 aliphatic carbocycles. The Morgan fingerprint density at radius 1 is 1.38 bits per heavy atom. The van der Waals surface area contributed by atoms with E-state index in [2.05, 4.69) is 17.1 Å². The van der Waals surface area contributed by atoms with Gasteiger partial charge >= 0.3 is 0 Å². The van der Waals surface area contributed by atoms with Gasteiger partial charge in [-0.1, -0.05) is 0 Å². The van der Waals surface area contributed by atoms with E-state index in [4.69, 9.17) is 4.74 Å². The summed E-state index contributed by atoms with van der Waals surface area (Å²) in [7, 11) is 0. The van der Waals surface area contributed by atoms with Gasteiger partial charge in [0.15, 0.2) is 0 Å². The van der Waals surface area contributed by atoms with Gasteiger partial charge < -0.3 is 10.1 Å². The zero-order chi connectivity index (χ0) is 9.36. The van der Waals surface area contributed by atoms with E-state index in [9.17, 15) is 0 Å². The smallest absolute Gasteiger partial charge is 0.0477 e. The van der Waals surface area contributed by atoms with Crippen molar-refractivity contribution in [2.75, 3.05) is 31.3 Å². The van der Waals surface area contributed by atoms with Crippen molar-refractivity contribution >= 4 is 11.8 Å². The molecule has 0 amide bonds. The minimum Gasteiger partial charge on any atom is -0.382 e. The topological polar surface area (TPSA) is 21.3 Å². The van der Waals surface area contributed by atoms with Crippen LogP contribution >= 0.6 is 11.8 Å². The Bertz CT molecular complexity index is 115. The summed E-state index contributed by atoms with van der Waals surface area (Å²) in [6.45, 7) is 4.92. The first kappa shape index (κ1) is 11.3. The second kappa shape index (κ2) is 7.65. The number of ether oxygens (including phenoxy) is 1. The number of hydrogen-bond acceptors (Lipinski definition) is 3. The lowest BCUT2D eigenvalue weighted by Crippen LogP contribution is -2.33. The van der Waals surface area contributed by atoms with Crippen LogP contribution in [0.1, 0.15) is 26.2 Å². The molecule has 0 spiro atoms. The molecule has 0 saturated carbocycles. The van der Waals surface area contributed by atoms with Crippen LogP contribution in [0.3, 0.4) is 0 Å². The fourth-order valence-electron chi connectivity index (χ4n) is 1.53. The fraction of sp³-hybridized carbons (Fsp3) is 1.00. The van der Waals surface area contributed by atoms with Crippen LogP contribution in [0.4, 0.5) is 0 Å². The first-order valence-electron chi connectivity index (χ1n) is 5.32. The summed E-state index contributed by atoms with van der Waals surface area (Å²) in [5.41, 5.74) is 0. The summed E-state index contributed by atoms with van der Waals surface area (Å²) in [4.78, 5) is 0. The van der Waals surface area contributed by atoms with Crippen molar-refractivity contribution < 1.29 is 4.74 Å². The molecular formula is C10H21NOS. The zero-order valence-electron chi connectivity index (χ0n) is 8.55. The van der Waals surface area contributed by atoms with Crippen molar-refractivity contribution in [3.05, 3.63) is 0 Å². The third-order valence-corrected chi connectivity index (χ3v) is 3.37. The second-order valence-electron chi connectivity index (χ2n) is 3.39. The van der Waals surface area contributed by atoms with E-state index in [1.54, 1.807) is 0 Å². The highest BCUT2D eigenvalue weighted by Gasteiger charge is 2.11. The Labute approximate surface area is 85.8 Å². The average molecular weight is 203 g/mol. The highest BCUT2D eigenvalue weighted by atomic mass is 32.2. The molecule has 1 fully saturated rings. The Morgan fingerprint density at radius 3 is 2.85 bits per heavy atom.